The molecule has 0 aromatic carbocycles. The zero-order valence-electron chi connectivity index (χ0n) is 41.1. The fourth-order valence-electron chi connectivity index (χ4n) is 8.72. The summed E-state index contributed by atoms with van der Waals surface area (Å²) in [6.07, 6.45) is 41.1. The molecule has 0 bridgehead atoms. The van der Waals surface area contributed by atoms with Gasteiger partial charge in [0, 0.05) is 12.8 Å². The van der Waals surface area contributed by atoms with Gasteiger partial charge in [-0.25, -0.2) is 0 Å². The van der Waals surface area contributed by atoms with Crippen molar-refractivity contribution in [3.8, 4) is 0 Å². The van der Waals surface area contributed by atoms with Gasteiger partial charge in [0.25, 0.3) is 0 Å². The van der Waals surface area contributed by atoms with Crippen molar-refractivity contribution in [1.29, 1.82) is 0 Å². The number of carbonyl (C=O) groups excluding carboxylic acids is 2. The van der Waals surface area contributed by atoms with Gasteiger partial charge in [-0.15, -0.1) is 0 Å². The van der Waals surface area contributed by atoms with Crippen molar-refractivity contribution in [2.24, 2.45) is 0 Å². The van der Waals surface area contributed by atoms with E-state index in [2.05, 4.69) is 13.8 Å². The van der Waals surface area contributed by atoms with Crippen LogP contribution in [0.15, 0.2) is 0 Å². The summed E-state index contributed by atoms with van der Waals surface area (Å²) in [6.45, 7) is 3.49. The number of aliphatic hydroxyl groups excluding tert-OH is 4. The van der Waals surface area contributed by atoms with Gasteiger partial charge in [-0.05, 0) is 12.8 Å². The molecule has 0 radical (unpaired) electrons. The quantitative estimate of drug-likeness (QED) is 0.0343. The predicted molar refractivity (Wildman–Crippen MR) is 257 cm³/mol. The van der Waals surface area contributed by atoms with Gasteiger partial charge in [-0.1, -0.05) is 245 Å². The van der Waals surface area contributed by atoms with Crippen molar-refractivity contribution in [3.63, 3.8) is 0 Å². The molecular formula is C53H102O10. The summed E-state index contributed by atoms with van der Waals surface area (Å²) >= 11 is 0. The normalized spacial score (nSPS) is 19.4. The summed E-state index contributed by atoms with van der Waals surface area (Å²) < 4.78 is 22.3. The van der Waals surface area contributed by atoms with E-state index in [0.29, 0.717) is 6.42 Å². The molecule has 1 aliphatic heterocycles. The number of esters is 2. The first-order valence-electron chi connectivity index (χ1n) is 27.1. The second-order valence-corrected chi connectivity index (χ2v) is 19.1. The van der Waals surface area contributed by atoms with E-state index in [9.17, 15) is 30.0 Å². The van der Waals surface area contributed by atoms with Crippen molar-refractivity contribution in [1.82, 2.24) is 0 Å². The zero-order valence-corrected chi connectivity index (χ0v) is 41.1. The molecule has 0 aliphatic carbocycles. The molecule has 1 fully saturated rings. The van der Waals surface area contributed by atoms with Crippen LogP contribution in [0.5, 0.6) is 0 Å². The van der Waals surface area contributed by atoms with Crippen LogP contribution in [0.2, 0.25) is 0 Å². The molecule has 10 heteroatoms. The zero-order chi connectivity index (χ0) is 45.9. The van der Waals surface area contributed by atoms with Gasteiger partial charge in [-0.2, -0.15) is 0 Å². The van der Waals surface area contributed by atoms with Crippen LogP contribution < -0.4 is 0 Å². The third-order valence-corrected chi connectivity index (χ3v) is 13.0. The Labute approximate surface area is 387 Å². The molecule has 0 saturated carbocycles. The van der Waals surface area contributed by atoms with Gasteiger partial charge in [0.05, 0.1) is 13.2 Å². The highest BCUT2D eigenvalue weighted by Crippen LogP contribution is 2.23. The van der Waals surface area contributed by atoms with Crippen molar-refractivity contribution in [2.75, 3.05) is 19.8 Å². The molecule has 1 aliphatic rings. The molecule has 63 heavy (non-hydrogen) atoms. The van der Waals surface area contributed by atoms with Gasteiger partial charge >= 0.3 is 11.9 Å². The molecule has 0 amide bonds. The first-order valence-corrected chi connectivity index (χ1v) is 27.1. The average molecular weight is 899 g/mol. The Kier molecular flexibility index (Phi) is 42.2. The Morgan fingerprint density at radius 3 is 1.08 bits per heavy atom. The summed E-state index contributed by atoms with van der Waals surface area (Å²) in [4.78, 5) is 25.5. The second kappa shape index (κ2) is 44.5. The van der Waals surface area contributed by atoms with Crippen LogP contribution in [0, 0.1) is 0 Å². The van der Waals surface area contributed by atoms with E-state index in [0.717, 1.165) is 38.5 Å². The monoisotopic (exact) mass is 899 g/mol. The van der Waals surface area contributed by atoms with Gasteiger partial charge in [0.2, 0.25) is 0 Å². The highest BCUT2D eigenvalue weighted by molar-refractivity contribution is 5.70. The highest BCUT2D eigenvalue weighted by Gasteiger charge is 2.44. The maximum atomic E-state index is 12.8. The van der Waals surface area contributed by atoms with E-state index in [4.69, 9.17) is 18.9 Å². The Morgan fingerprint density at radius 1 is 0.429 bits per heavy atom. The fourth-order valence-corrected chi connectivity index (χ4v) is 8.72. The standard InChI is InChI=1S/C53H102O10/c1-3-5-7-9-11-13-15-17-19-21-23-24-26-27-29-31-33-35-37-39-41-48(55)60-44-46(45-61-53-52(59)51(58)50(57)47(43-54)63-53)62-49(56)42-40-38-36-34-32-30-28-25-22-20-18-16-14-12-10-8-6-4-2/h46-47,50-54,57-59H,3-45H2,1-2H3/t46-,47-,50+,51?,52?,53-/m0/s1. The van der Waals surface area contributed by atoms with Gasteiger partial charge in [-0.3, -0.25) is 9.59 Å². The molecule has 0 aromatic heterocycles. The minimum absolute atomic E-state index is 0.208. The lowest BCUT2D eigenvalue weighted by Crippen LogP contribution is -2.59. The van der Waals surface area contributed by atoms with Crippen LogP contribution in [0.4, 0.5) is 0 Å². The minimum Gasteiger partial charge on any atom is -0.462 e. The summed E-state index contributed by atoms with van der Waals surface area (Å²) in [7, 11) is 0. The van der Waals surface area contributed by atoms with Crippen molar-refractivity contribution in [2.45, 2.75) is 307 Å². The van der Waals surface area contributed by atoms with E-state index in [1.54, 1.807) is 0 Å². The van der Waals surface area contributed by atoms with Gasteiger partial charge in [0.15, 0.2) is 12.4 Å². The lowest BCUT2D eigenvalue weighted by molar-refractivity contribution is -0.305. The van der Waals surface area contributed by atoms with Gasteiger partial charge < -0.3 is 39.4 Å². The Balaban J connectivity index is 2.21. The predicted octanol–water partition coefficient (Wildman–Crippen LogP) is 12.9. The molecule has 374 valence electrons. The van der Waals surface area contributed by atoms with Crippen LogP contribution in [0.1, 0.15) is 271 Å². The molecule has 2 unspecified atom stereocenters. The van der Waals surface area contributed by atoms with Crippen LogP contribution in [0.3, 0.4) is 0 Å². The van der Waals surface area contributed by atoms with Crippen LogP contribution in [0.25, 0.3) is 0 Å². The molecular weight excluding hydrogens is 797 g/mol. The van der Waals surface area contributed by atoms with Crippen LogP contribution >= 0.6 is 0 Å². The Hall–Kier alpha value is -1.30. The highest BCUT2D eigenvalue weighted by atomic mass is 16.7. The first kappa shape index (κ1) is 59.7. The van der Waals surface area contributed by atoms with Crippen molar-refractivity contribution < 1.29 is 49.0 Å². The molecule has 0 spiro atoms. The number of carbonyl (C=O) groups is 2. The number of aliphatic hydroxyl groups is 4. The number of hydrogen-bond acceptors (Lipinski definition) is 10. The minimum atomic E-state index is -1.59. The van der Waals surface area contributed by atoms with Gasteiger partial charge in [0.1, 0.15) is 31.0 Å². The number of unbranched alkanes of at least 4 members (excludes halogenated alkanes) is 36. The molecule has 0 aromatic rings. The van der Waals surface area contributed by atoms with E-state index >= 15 is 0 Å². The number of ether oxygens (including phenoxy) is 4. The molecule has 10 nitrogen and oxygen atoms in total. The Morgan fingerprint density at radius 2 is 0.746 bits per heavy atom. The summed E-state index contributed by atoms with van der Waals surface area (Å²) in [5.41, 5.74) is 0. The lowest BCUT2D eigenvalue weighted by atomic mass is 9.99. The first-order chi connectivity index (χ1) is 30.8. The lowest BCUT2D eigenvalue weighted by Gasteiger charge is -2.39. The largest absolute Gasteiger partial charge is 0.462 e. The van der Waals surface area contributed by atoms with E-state index < -0.39 is 49.4 Å². The fraction of sp³-hybridized carbons (Fsp3) is 0.962. The van der Waals surface area contributed by atoms with E-state index in [1.165, 1.54) is 199 Å². The molecule has 1 heterocycles. The molecule has 4 N–H and O–H groups in total. The maximum absolute atomic E-state index is 12.8. The average Bonchev–Trinajstić information content (AvgIpc) is 3.28. The van der Waals surface area contributed by atoms with Crippen molar-refractivity contribution >= 4 is 11.9 Å². The van der Waals surface area contributed by atoms with E-state index in [-0.39, 0.29) is 32.0 Å². The molecule has 1 rings (SSSR count). The van der Waals surface area contributed by atoms with Crippen molar-refractivity contribution in [3.05, 3.63) is 0 Å². The smallest absolute Gasteiger partial charge is 0.306 e. The molecule has 6 atom stereocenters. The third-order valence-electron chi connectivity index (χ3n) is 13.0. The summed E-state index contributed by atoms with van der Waals surface area (Å²) in [5.74, 6) is -0.783. The summed E-state index contributed by atoms with van der Waals surface area (Å²) in [6, 6.07) is 0. The SMILES string of the molecule is CCCCCCCCCCCCCCCCCCCCCCC(=O)OC[C@@H](CO[C@H]1O[C@@H](CO)[C@@H](O)C(O)C1O)OC(=O)CCCCCCCCCCCCCCCCCCCC. The molecule has 1 saturated heterocycles. The Bertz CT molecular complexity index is 995. The third kappa shape index (κ3) is 35.6. The van der Waals surface area contributed by atoms with Crippen LogP contribution in [-0.2, 0) is 28.5 Å². The maximum Gasteiger partial charge on any atom is 0.306 e. The summed E-state index contributed by atoms with van der Waals surface area (Å²) in [5, 5.41) is 40.2. The second-order valence-electron chi connectivity index (χ2n) is 19.1. The number of rotatable bonds is 47. The number of hydrogen-bond donors (Lipinski definition) is 4. The van der Waals surface area contributed by atoms with Crippen LogP contribution in [-0.4, -0.2) is 89.0 Å². The topological polar surface area (TPSA) is 152 Å². The van der Waals surface area contributed by atoms with E-state index in [1.807, 2.05) is 0 Å².